The van der Waals surface area contributed by atoms with Crippen LogP contribution in [0.1, 0.15) is 19.3 Å². The van der Waals surface area contributed by atoms with E-state index in [9.17, 15) is 8.42 Å². The molecule has 1 aliphatic heterocycles. The van der Waals surface area contributed by atoms with Gasteiger partial charge in [-0.1, -0.05) is 12.2 Å². The average molecular weight is 236 g/mol. The highest BCUT2D eigenvalue weighted by Crippen LogP contribution is 2.21. The number of nitrogens with zero attached hydrogens (tertiary/aromatic N) is 1. The predicted molar refractivity (Wildman–Crippen MR) is 60.5 cm³/mol. The molecule has 0 aliphatic carbocycles. The second-order valence-electron chi connectivity index (χ2n) is 3.80. The first-order valence-electron chi connectivity index (χ1n) is 4.63. The summed E-state index contributed by atoms with van der Waals surface area (Å²) in [4.78, 5) is 0.477. The lowest BCUT2D eigenvalue weighted by molar-refractivity contribution is 0.273. The predicted octanol–water partition coefficient (Wildman–Crippen LogP) is 0.334. The molecule has 0 amide bonds. The summed E-state index contributed by atoms with van der Waals surface area (Å²) in [5.74, 6) is 0.302. The van der Waals surface area contributed by atoms with Gasteiger partial charge < -0.3 is 5.73 Å². The largest absolute Gasteiger partial charge is 0.393 e. The van der Waals surface area contributed by atoms with Crippen molar-refractivity contribution in [3.05, 3.63) is 0 Å². The molecule has 1 heterocycles. The van der Waals surface area contributed by atoms with Crippen LogP contribution in [0.5, 0.6) is 0 Å². The lowest BCUT2D eigenvalue weighted by Crippen LogP contribution is -2.40. The third-order valence-electron chi connectivity index (χ3n) is 2.44. The molecule has 2 N–H and O–H groups in total. The van der Waals surface area contributed by atoms with Crippen molar-refractivity contribution in [2.75, 3.05) is 19.3 Å². The highest BCUT2D eigenvalue weighted by atomic mass is 32.2. The smallest absolute Gasteiger partial charge is 0.211 e. The van der Waals surface area contributed by atoms with Gasteiger partial charge in [-0.15, -0.1) is 0 Å². The van der Waals surface area contributed by atoms with E-state index in [4.69, 9.17) is 18.0 Å². The first-order valence-corrected chi connectivity index (χ1v) is 6.88. The molecule has 1 unspecified atom stereocenters. The van der Waals surface area contributed by atoms with Crippen molar-refractivity contribution in [1.82, 2.24) is 4.31 Å². The van der Waals surface area contributed by atoms with Crippen LogP contribution in [-0.4, -0.2) is 37.1 Å². The lowest BCUT2D eigenvalue weighted by Gasteiger charge is -2.30. The van der Waals surface area contributed by atoms with Crippen LogP contribution in [0.25, 0.3) is 0 Å². The highest BCUT2D eigenvalue weighted by molar-refractivity contribution is 7.88. The number of sulfonamides is 1. The number of rotatable bonds is 3. The molecular formula is C8H16N2O2S2. The molecule has 4 nitrogen and oxygen atoms in total. The van der Waals surface area contributed by atoms with Crippen LogP contribution in [0.3, 0.4) is 0 Å². The van der Waals surface area contributed by atoms with Gasteiger partial charge in [0.2, 0.25) is 10.0 Å². The SMILES string of the molecule is CS(=O)(=O)N1CCCC(CC(N)=S)C1. The molecule has 0 spiro atoms. The fraction of sp³-hybridized carbons (Fsp3) is 0.875. The van der Waals surface area contributed by atoms with E-state index in [0.29, 0.717) is 30.4 Å². The van der Waals surface area contributed by atoms with Gasteiger partial charge >= 0.3 is 0 Å². The summed E-state index contributed by atoms with van der Waals surface area (Å²) in [6.45, 7) is 1.20. The van der Waals surface area contributed by atoms with Gasteiger partial charge in [0.05, 0.1) is 11.2 Å². The van der Waals surface area contributed by atoms with Crippen molar-refractivity contribution in [2.45, 2.75) is 19.3 Å². The second-order valence-corrected chi connectivity index (χ2v) is 6.31. The van der Waals surface area contributed by atoms with Crippen LogP contribution in [0.4, 0.5) is 0 Å². The van der Waals surface area contributed by atoms with Crippen molar-refractivity contribution >= 4 is 27.2 Å². The molecule has 1 saturated heterocycles. The van der Waals surface area contributed by atoms with E-state index in [0.717, 1.165) is 12.8 Å². The van der Waals surface area contributed by atoms with Crippen molar-refractivity contribution in [2.24, 2.45) is 11.7 Å². The summed E-state index contributed by atoms with van der Waals surface area (Å²) in [7, 11) is -3.05. The Balaban J connectivity index is 2.56. The minimum Gasteiger partial charge on any atom is -0.393 e. The minimum atomic E-state index is -3.05. The molecule has 0 aromatic carbocycles. The topological polar surface area (TPSA) is 63.4 Å². The quantitative estimate of drug-likeness (QED) is 0.718. The van der Waals surface area contributed by atoms with Crippen LogP contribution in [0, 0.1) is 5.92 Å². The van der Waals surface area contributed by atoms with Crippen molar-refractivity contribution in [3.63, 3.8) is 0 Å². The number of thiocarbonyl (C=S) groups is 1. The van der Waals surface area contributed by atoms with E-state index < -0.39 is 10.0 Å². The first-order chi connectivity index (χ1) is 6.39. The zero-order chi connectivity index (χ0) is 10.8. The van der Waals surface area contributed by atoms with Crippen LogP contribution >= 0.6 is 12.2 Å². The maximum atomic E-state index is 11.3. The molecule has 1 rings (SSSR count). The van der Waals surface area contributed by atoms with E-state index in [1.54, 1.807) is 0 Å². The molecule has 0 bridgehead atoms. The first kappa shape index (κ1) is 11.9. The molecule has 0 radical (unpaired) electrons. The van der Waals surface area contributed by atoms with Gasteiger partial charge in [0.1, 0.15) is 0 Å². The summed E-state index contributed by atoms with van der Waals surface area (Å²) in [5.41, 5.74) is 5.44. The molecule has 1 atom stereocenters. The molecule has 14 heavy (non-hydrogen) atoms. The Labute approximate surface area is 90.5 Å². The molecule has 1 fully saturated rings. The van der Waals surface area contributed by atoms with Crippen molar-refractivity contribution in [1.29, 1.82) is 0 Å². The van der Waals surface area contributed by atoms with Crippen LogP contribution in [0.15, 0.2) is 0 Å². The van der Waals surface area contributed by atoms with Crippen LogP contribution in [-0.2, 0) is 10.0 Å². The Morgan fingerprint density at radius 1 is 1.64 bits per heavy atom. The third kappa shape index (κ3) is 3.51. The maximum absolute atomic E-state index is 11.3. The zero-order valence-electron chi connectivity index (χ0n) is 8.27. The van der Waals surface area contributed by atoms with Gasteiger partial charge in [-0.3, -0.25) is 0 Å². The molecular weight excluding hydrogens is 220 g/mol. The molecule has 0 aromatic heterocycles. The zero-order valence-corrected chi connectivity index (χ0v) is 9.90. The molecule has 0 saturated carbocycles. The van der Waals surface area contributed by atoms with E-state index in [2.05, 4.69) is 0 Å². The summed E-state index contributed by atoms with van der Waals surface area (Å²) in [6.07, 6.45) is 3.82. The maximum Gasteiger partial charge on any atom is 0.211 e. The van der Waals surface area contributed by atoms with E-state index in [1.165, 1.54) is 10.6 Å². The Hall–Kier alpha value is -0.200. The van der Waals surface area contributed by atoms with Crippen LogP contribution < -0.4 is 5.73 Å². The Kier molecular flexibility index (Phi) is 3.86. The monoisotopic (exact) mass is 236 g/mol. The van der Waals surface area contributed by atoms with Gasteiger partial charge in [0.15, 0.2) is 0 Å². The van der Waals surface area contributed by atoms with Gasteiger partial charge in [0, 0.05) is 19.5 Å². The third-order valence-corrected chi connectivity index (χ3v) is 3.88. The molecule has 6 heteroatoms. The fourth-order valence-electron chi connectivity index (χ4n) is 1.78. The minimum absolute atomic E-state index is 0.302. The van der Waals surface area contributed by atoms with E-state index in [1.807, 2.05) is 0 Å². The van der Waals surface area contributed by atoms with E-state index in [-0.39, 0.29) is 0 Å². The molecule has 0 aromatic rings. The van der Waals surface area contributed by atoms with Crippen molar-refractivity contribution < 1.29 is 8.42 Å². The fourth-order valence-corrected chi connectivity index (χ4v) is 2.96. The second kappa shape index (κ2) is 4.55. The van der Waals surface area contributed by atoms with Gasteiger partial charge in [0.25, 0.3) is 0 Å². The summed E-state index contributed by atoms with van der Waals surface area (Å²) in [5, 5.41) is 0. The van der Waals surface area contributed by atoms with Crippen LogP contribution in [0.2, 0.25) is 0 Å². The average Bonchev–Trinajstić information content (AvgIpc) is 2.01. The Bertz CT molecular complexity index is 313. The van der Waals surface area contributed by atoms with Gasteiger partial charge in [-0.05, 0) is 18.8 Å². The lowest BCUT2D eigenvalue weighted by atomic mass is 9.96. The van der Waals surface area contributed by atoms with E-state index >= 15 is 0 Å². The summed E-state index contributed by atoms with van der Waals surface area (Å²) < 4.78 is 24.1. The molecule has 82 valence electrons. The number of hydrogen-bond acceptors (Lipinski definition) is 3. The number of piperidine rings is 1. The summed E-state index contributed by atoms with van der Waals surface area (Å²) >= 11 is 4.82. The van der Waals surface area contributed by atoms with Gasteiger partial charge in [-0.2, -0.15) is 0 Å². The number of hydrogen-bond donors (Lipinski definition) is 1. The molecule has 1 aliphatic rings. The standard InChI is InChI=1S/C8H16N2O2S2/c1-14(11,12)10-4-2-3-7(6-10)5-8(9)13/h7H,2-6H2,1H3,(H2,9,13). The van der Waals surface area contributed by atoms with Gasteiger partial charge in [-0.25, -0.2) is 12.7 Å². The summed E-state index contributed by atoms with van der Waals surface area (Å²) in [6, 6.07) is 0. The highest BCUT2D eigenvalue weighted by Gasteiger charge is 2.25. The normalized spacial score (nSPS) is 24.8. The van der Waals surface area contributed by atoms with Crippen molar-refractivity contribution in [3.8, 4) is 0 Å². The Morgan fingerprint density at radius 2 is 2.29 bits per heavy atom. The number of nitrogens with two attached hydrogens (primary N) is 1. The Morgan fingerprint density at radius 3 is 2.79 bits per heavy atom.